The van der Waals surface area contributed by atoms with Crippen LogP contribution >= 0.6 is 11.8 Å². The molecule has 0 aromatic carbocycles. The van der Waals surface area contributed by atoms with E-state index in [-0.39, 0.29) is 25.5 Å². The number of carbonyl (C=O) groups excluding carboxylic acids is 4. The average molecular weight is 512 g/mol. The first-order valence-electron chi connectivity index (χ1n) is 10.5. The van der Waals surface area contributed by atoms with E-state index in [0.717, 1.165) is 11.8 Å². The lowest BCUT2D eigenvalue weighted by Gasteiger charge is -2.23. The number of rotatable bonds is 10. The summed E-state index contributed by atoms with van der Waals surface area (Å²) in [6, 6.07) is 0. The fourth-order valence-corrected chi connectivity index (χ4v) is 4.08. The van der Waals surface area contributed by atoms with E-state index in [0.29, 0.717) is 16.2 Å². The van der Waals surface area contributed by atoms with Crippen LogP contribution in [0.25, 0.3) is 11.2 Å². The van der Waals surface area contributed by atoms with Gasteiger partial charge in [-0.25, -0.2) is 15.0 Å². The third-order valence-corrected chi connectivity index (χ3v) is 5.51. The summed E-state index contributed by atoms with van der Waals surface area (Å²) in [5.41, 5.74) is 6.04. The van der Waals surface area contributed by atoms with Crippen molar-refractivity contribution in [3.05, 3.63) is 12.7 Å². The summed E-state index contributed by atoms with van der Waals surface area (Å²) >= 11 is 1.13. The maximum atomic E-state index is 11.8. The van der Waals surface area contributed by atoms with Crippen molar-refractivity contribution in [2.24, 2.45) is 5.73 Å². The molecule has 190 valence electrons. The molecule has 15 heteroatoms. The van der Waals surface area contributed by atoms with Gasteiger partial charge in [-0.1, -0.05) is 11.8 Å². The van der Waals surface area contributed by atoms with Crippen molar-refractivity contribution in [3.63, 3.8) is 0 Å². The van der Waals surface area contributed by atoms with Gasteiger partial charge in [0, 0.05) is 27.3 Å². The molecule has 3 heterocycles. The highest BCUT2D eigenvalue weighted by Gasteiger charge is 2.51. The van der Waals surface area contributed by atoms with Crippen LogP contribution in [0.15, 0.2) is 17.7 Å². The van der Waals surface area contributed by atoms with E-state index in [1.54, 1.807) is 0 Å². The maximum Gasteiger partial charge on any atom is 0.307 e. The zero-order chi connectivity index (χ0) is 25.5. The standard InChI is InChI=1S/C20H25N5O9S/c1-10(26)30-6-13-16(32-11(2)27)17(33-12(3)28)20(34-13)25-8-24-15-18(25)22-7-23-19(15)35-9-31-14(29)4-5-21/h7-8,13,16-17,20H,4-6,9,21H2,1-3H3/t13-,16-,17-,20-/m1/s1. The Morgan fingerprint density at radius 1 is 1.03 bits per heavy atom. The van der Waals surface area contributed by atoms with Crippen LogP contribution in [0.1, 0.15) is 33.4 Å². The lowest BCUT2D eigenvalue weighted by molar-refractivity contribution is -0.166. The molecule has 0 aliphatic carbocycles. The van der Waals surface area contributed by atoms with E-state index in [1.165, 1.54) is 38.0 Å². The zero-order valence-electron chi connectivity index (χ0n) is 19.2. The molecule has 35 heavy (non-hydrogen) atoms. The molecule has 0 spiro atoms. The first-order chi connectivity index (χ1) is 16.7. The highest BCUT2D eigenvalue weighted by Crippen LogP contribution is 2.36. The van der Waals surface area contributed by atoms with Crippen LogP contribution in [0.4, 0.5) is 0 Å². The van der Waals surface area contributed by atoms with E-state index in [1.807, 2.05) is 0 Å². The van der Waals surface area contributed by atoms with Crippen LogP contribution in [0.5, 0.6) is 0 Å². The Morgan fingerprint density at radius 3 is 2.40 bits per heavy atom. The van der Waals surface area contributed by atoms with Crippen LogP contribution in [0.3, 0.4) is 0 Å². The average Bonchev–Trinajstić information content (AvgIpc) is 3.34. The largest absolute Gasteiger partial charge is 0.463 e. The summed E-state index contributed by atoms with van der Waals surface area (Å²) in [4.78, 5) is 59.2. The number of fused-ring (bicyclic) bond motifs is 1. The Labute approximate surface area is 203 Å². The Balaban J connectivity index is 1.90. The Kier molecular flexibility index (Phi) is 8.95. The number of aromatic nitrogens is 4. The molecule has 0 amide bonds. The number of ether oxygens (including phenoxy) is 5. The summed E-state index contributed by atoms with van der Waals surface area (Å²) in [6.07, 6.45) is -1.28. The van der Waals surface area contributed by atoms with Crippen LogP contribution in [-0.4, -0.2) is 80.8 Å². The van der Waals surface area contributed by atoms with Crippen molar-refractivity contribution in [1.29, 1.82) is 0 Å². The first-order valence-corrected chi connectivity index (χ1v) is 11.5. The van der Waals surface area contributed by atoms with E-state index in [9.17, 15) is 19.2 Å². The van der Waals surface area contributed by atoms with E-state index in [4.69, 9.17) is 29.4 Å². The molecule has 1 saturated heterocycles. The monoisotopic (exact) mass is 511 g/mol. The molecular weight excluding hydrogens is 486 g/mol. The minimum atomic E-state index is -1.09. The third-order valence-electron chi connectivity index (χ3n) is 4.70. The van der Waals surface area contributed by atoms with Crippen molar-refractivity contribution >= 4 is 46.8 Å². The lowest BCUT2D eigenvalue weighted by Crippen LogP contribution is -2.40. The molecule has 0 bridgehead atoms. The highest BCUT2D eigenvalue weighted by molar-refractivity contribution is 7.99. The van der Waals surface area contributed by atoms with Gasteiger partial charge in [0.2, 0.25) is 0 Å². The molecule has 0 radical (unpaired) electrons. The second kappa shape index (κ2) is 11.9. The number of hydrogen-bond donors (Lipinski definition) is 1. The highest BCUT2D eigenvalue weighted by atomic mass is 32.2. The summed E-state index contributed by atoms with van der Waals surface area (Å²) in [5, 5.41) is 0.435. The molecule has 0 unspecified atom stereocenters. The molecule has 1 fully saturated rings. The fraction of sp³-hybridized carbons (Fsp3) is 0.550. The van der Waals surface area contributed by atoms with E-state index in [2.05, 4.69) is 15.0 Å². The summed E-state index contributed by atoms with van der Waals surface area (Å²) in [5.74, 6) is -2.27. The molecule has 4 atom stereocenters. The van der Waals surface area contributed by atoms with Gasteiger partial charge in [-0.3, -0.25) is 23.7 Å². The molecule has 2 N–H and O–H groups in total. The van der Waals surface area contributed by atoms with Crippen LogP contribution in [0, 0.1) is 0 Å². The number of imidazole rings is 1. The molecule has 14 nitrogen and oxygen atoms in total. The molecule has 1 aliphatic rings. The summed E-state index contributed by atoms with van der Waals surface area (Å²) in [7, 11) is 0. The van der Waals surface area contributed by atoms with Crippen molar-refractivity contribution < 1.29 is 42.9 Å². The van der Waals surface area contributed by atoms with Gasteiger partial charge in [-0.2, -0.15) is 0 Å². The second-order valence-electron chi connectivity index (χ2n) is 7.34. The Hall–Kier alpha value is -3.30. The van der Waals surface area contributed by atoms with Crippen LogP contribution in [-0.2, 0) is 42.9 Å². The van der Waals surface area contributed by atoms with Gasteiger partial charge in [-0.15, -0.1) is 0 Å². The topological polar surface area (TPSA) is 184 Å². The van der Waals surface area contributed by atoms with Gasteiger partial charge in [0.05, 0.1) is 12.7 Å². The van der Waals surface area contributed by atoms with E-state index >= 15 is 0 Å². The number of nitrogens with two attached hydrogens (primary N) is 1. The van der Waals surface area contributed by atoms with Crippen LogP contribution in [0.2, 0.25) is 0 Å². The SMILES string of the molecule is CC(=O)OC[C@H]1O[C@@H](n2cnc3c(SCOC(=O)CCN)ncnc32)[C@H](OC(C)=O)[C@@H]1OC(C)=O. The van der Waals surface area contributed by atoms with Crippen molar-refractivity contribution in [2.75, 3.05) is 19.1 Å². The molecule has 2 aromatic rings. The smallest absolute Gasteiger partial charge is 0.307 e. The molecule has 2 aromatic heterocycles. The number of esters is 4. The lowest BCUT2D eigenvalue weighted by atomic mass is 10.1. The van der Waals surface area contributed by atoms with Crippen molar-refractivity contribution in [3.8, 4) is 0 Å². The third kappa shape index (κ3) is 6.64. The normalized spacial score (nSPS) is 21.5. The fourth-order valence-electron chi connectivity index (χ4n) is 3.38. The maximum absolute atomic E-state index is 11.8. The first kappa shape index (κ1) is 26.3. The molecule has 0 saturated carbocycles. The van der Waals surface area contributed by atoms with Gasteiger partial charge in [-0.05, 0) is 0 Å². The number of nitrogens with zero attached hydrogens (tertiary/aromatic N) is 4. The van der Waals surface area contributed by atoms with Gasteiger partial charge in [0.25, 0.3) is 0 Å². The van der Waals surface area contributed by atoms with Crippen LogP contribution < -0.4 is 5.73 Å². The Morgan fingerprint density at radius 2 is 1.74 bits per heavy atom. The predicted octanol–water partition coefficient (Wildman–Crippen LogP) is 0.0918. The quantitative estimate of drug-likeness (QED) is 0.149. The van der Waals surface area contributed by atoms with Crippen molar-refractivity contribution in [2.45, 2.75) is 56.8 Å². The van der Waals surface area contributed by atoms with Gasteiger partial charge >= 0.3 is 23.9 Å². The number of thioether (sulfide) groups is 1. The molecule has 1 aliphatic heterocycles. The van der Waals surface area contributed by atoms with Gasteiger partial charge in [0.1, 0.15) is 35.5 Å². The van der Waals surface area contributed by atoms with Gasteiger partial charge in [0.15, 0.2) is 24.1 Å². The molecular formula is C20H25N5O9S. The number of hydrogen-bond acceptors (Lipinski definition) is 14. The minimum Gasteiger partial charge on any atom is -0.463 e. The molecule has 3 rings (SSSR count). The Bertz CT molecular complexity index is 1090. The summed E-state index contributed by atoms with van der Waals surface area (Å²) < 4.78 is 28.5. The zero-order valence-corrected chi connectivity index (χ0v) is 20.1. The minimum absolute atomic E-state index is 0.00715. The van der Waals surface area contributed by atoms with Gasteiger partial charge < -0.3 is 29.4 Å². The van der Waals surface area contributed by atoms with E-state index < -0.39 is 48.4 Å². The number of carbonyl (C=O) groups is 4. The van der Waals surface area contributed by atoms with Crippen molar-refractivity contribution in [1.82, 2.24) is 19.5 Å². The summed E-state index contributed by atoms with van der Waals surface area (Å²) in [6.45, 7) is 3.58. The predicted molar refractivity (Wildman–Crippen MR) is 117 cm³/mol. The second-order valence-corrected chi connectivity index (χ2v) is 8.25.